The van der Waals surface area contributed by atoms with Crippen LogP contribution >= 0.6 is 0 Å². The first kappa shape index (κ1) is 10.7. The molecule has 0 fully saturated rings. The summed E-state index contributed by atoms with van der Waals surface area (Å²) in [4.78, 5) is 21.1. The van der Waals surface area contributed by atoms with Gasteiger partial charge < -0.3 is 4.74 Å². The number of ketones is 1. The van der Waals surface area contributed by atoms with Gasteiger partial charge in [-0.25, -0.2) is 0 Å². The second-order valence-corrected chi connectivity index (χ2v) is 2.28. The lowest BCUT2D eigenvalue weighted by molar-refractivity contribution is -0.145. The molecule has 0 aromatic carbocycles. The SMILES string of the molecule is CC#CCCOC(=O)CC(C)=O. The number of carbonyl (C=O) groups excluding carboxylic acids is 2. The van der Waals surface area contributed by atoms with Crippen LogP contribution in [0.1, 0.15) is 26.7 Å². The van der Waals surface area contributed by atoms with E-state index in [0.717, 1.165) is 0 Å². The predicted octanol–water partition coefficient (Wildman–Crippen LogP) is 0.922. The molecule has 0 rings (SSSR count). The fourth-order valence-electron chi connectivity index (χ4n) is 0.595. The highest BCUT2D eigenvalue weighted by Gasteiger charge is 2.04. The molecule has 3 nitrogen and oxygen atoms in total. The van der Waals surface area contributed by atoms with Crippen molar-refractivity contribution in [1.82, 2.24) is 0 Å². The number of hydrogen-bond donors (Lipinski definition) is 0. The van der Waals surface area contributed by atoms with Crippen molar-refractivity contribution in [3.05, 3.63) is 0 Å². The van der Waals surface area contributed by atoms with Crippen LogP contribution in [0.5, 0.6) is 0 Å². The minimum atomic E-state index is -0.472. The summed E-state index contributed by atoms with van der Waals surface area (Å²) in [6.07, 6.45) is 0.389. The molecule has 0 N–H and O–H groups in total. The van der Waals surface area contributed by atoms with Gasteiger partial charge in [0.15, 0.2) is 0 Å². The fourth-order valence-corrected chi connectivity index (χ4v) is 0.595. The number of esters is 1. The third kappa shape index (κ3) is 6.81. The van der Waals surface area contributed by atoms with E-state index in [1.807, 2.05) is 0 Å². The lowest BCUT2D eigenvalue weighted by Gasteiger charge is -1.98. The Morgan fingerprint density at radius 1 is 1.42 bits per heavy atom. The molecule has 0 atom stereocenters. The van der Waals surface area contributed by atoms with Gasteiger partial charge in [0, 0.05) is 6.42 Å². The van der Waals surface area contributed by atoms with E-state index in [1.165, 1.54) is 6.92 Å². The van der Waals surface area contributed by atoms with Crippen LogP contribution in [0.4, 0.5) is 0 Å². The van der Waals surface area contributed by atoms with Crippen molar-refractivity contribution < 1.29 is 14.3 Å². The van der Waals surface area contributed by atoms with E-state index in [2.05, 4.69) is 11.8 Å². The van der Waals surface area contributed by atoms with Crippen molar-refractivity contribution in [2.75, 3.05) is 6.61 Å². The number of Topliss-reactive ketones (excluding diaryl/α,β-unsaturated/α-hetero) is 1. The number of carbonyl (C=O) groups is 2. The Labute approximate surface area is 72.1 Å². The molecule has 0 aromatic heterocycles. The molecule has 0 aliphatic heterocycles. The molecule has 0 saturated carbocycles. The first-order chi connectivity index (χ1) is 5.66. The summed E-state index contributed by atoms with van der Waals surface area (Å²) in [6, 6.07) is 0. The van der Waals surface area contributed by atoms with Crippen molar-refractivity contribution in [3.63, 3.8) is 0 Å². The van der Waals surface area contributed by atoms with Crippen LogP contribution in [-0.2, 0) is 14.3 Å². The van der Waals surface area contributed by atoms with Gasteiger partial charge in [-0.3, -0.25) is 9.59 Å². The highest BCUT2D eigenvalue weighted by molar-refractivity contribution is 5.94. The molecular weight excluding hydrogens is 156 g/mol. The van der Waals surface area contributed by atoms with Gasteiger partial charge in [-0.15, -0.1) is 11.8 Å². The summed E-state index contributed by atoms with van der Waals surface area (Å²) in [5.41, 5.74) is 0. The molecule has 12 heavy (non-hydrogen) atoms. The lowest BCUT2D eigenvalue weighted by Crippen LogP contribution is -2.09. The van der Waals surface area contributed by atoms with Crippen molar-refractivity contribution in [1.29, 1.82) is 0 Å². The average molecular weight is 168 g/mol. The Balaban J connectivity index is 3.42. The van der Waals surface area contributed by atoms with E-state index in [4.69, 9.17) is 4.74 Å². The summed E-state index contributed by atoms with van der Waals surface area (Å²) >= 11 is 0. The third-order valence-corrected chi connectivity index (χ3v) is 1.06. The molecule has 0 unspecified atom stereocenters. The maximum atomic E-state index is 10.7. The second kappa shape index (κ2) is 6.41. The molecule has 0 amide bonds. The van der Waals surface area contributed by atoms with Crippen molar-refractivity contribution in [2.45, 2.75) is 26.7 Å². The Morgan fingerprint density at radius 2 is 2.08 bits per heavy atom. The Hall–Kier alpha value is -1.30. The van der Waals surface area contributed by atoms with Gasteiger partial charge in [0.2, 0.25) is 0 Å². The molecule has 0 saturated heterocycles. The predicted molar refractivity (Wildman–Crippen MR) is 44.3 cm³/mol. The summed E-state index contributed by atoms with van der Waals surface area (Å²) in [5, 5.41) is 0. The largest absolute Gasteiger partial charge is 0.464 e. The van der Waals surface area contributed by atoms with Crippen LogP contribution in [0.15, 0.2) is 0 Å². The van der Waals surface area contributed by atoms with Crippen molar-refractivity contribution in [3.8, 4) is 11.8 Å². The minimum absolute atomic E-state index is 0.139. The topological polar surface area (TPSA) is 43.4 Å². The van der Waals surface area contributed by atoms with Crippen LogP contribution in [0, 0.1) is 11.8 Å². The molecule has 0 radical (unpaired) electrons. The Bertz CT molecular complexity index is 220. The molecule has 0 spiro atoms. The summed E-state index contributed by atoms with van der Waals surface area (Å²) in [5.74, 6) is 4.77. The lowest BCUT2D eigenvalue weighted by atomic mass is 10.3. The van der Waals surface area contributed by atoms with Crippen LogP contribution in [-0.4, -0.2) is 18.4 Å². The van der Waals surface area contributed by atoms with Gasteiger partial charge >= 0.3 is 5.97 Å². The van der Waals surface area contributed by atoms with Crippen LogP contribution in [0.25, 0.3) is 0 Å². The monoisotopic (exact) mass is 168 g/mol. The Morgan fingerprint density at radius 3 is 2.58 bits per heavy atom. The maximum Gasteiger partial charge on any atom is 0.313 e. The normalized spacial score (nSPS) is 8.17. The van der Waals surface area contributed by atoms with Crippen LogP contribution in [0.2, 0.25) is 0 Å². The van der Waals surface area contributed by atoms with Crippen LogP contribution < -0.4 is 0 Å². The van der Waals surface area contributed by atoms with Crippen molar-refractivity contribution in [2.24, 2.45) is 0 Å². The maximum absolute atomic E-state index is 10.7. The van der Waals surface area contributed by atoms with Gasteiger partial charge in [-0.05, 0) is 13.8 Å². The third-order valence-electron chi connectivity index (χ3n) is 1.06. The molecule has 0 aliphatic carbocycles. The van der Waals surface area contributed by atoms with Gasteiger partial charge in [0.05, 0.1) is 0 Å². The van der Waals surface area contributed by atoms with Crippen molar-refractivity contribution >= 4 is 11.8 Å². The molecule has 66 valence electrons. The molecule has 0 heterocycles. The zero-order chi connectivity index (χ0) is 9.40. The molecule has 0 aromatic rings. The number of ether oxygens (including phenoxy) is 1. The van der Waals surface area contributed by atoms with E-state index in [-0.39, 0.29) is 18.8 Å². The summed E-state index contributed by atoms with van der Waals surface area (Å²) in [7, 11) is 0. The van der Waals surface area contributed by atoms with E-state index in [9.17, 15) is 9.59 Å². The van der Waals surface area contributed by atoms with Gasteiger partial charge in [0.25, 0.3) is 0 Å². The summed E-state index contributed by atoms with van der Waals surface area (Å²) < 4.78 is 4.69. The fraction of sp³-hybridized carbons (Fsp3) is 0.556. The van der Waals surface area contributed by atoms with E-state index in [0.29, 0.717) is 6.42 Å². The quantitative estimate of drug-likeness (QED) is 0.271. The smallest absolute Gasteiger partial charge is 0.313 e. The molecule has 0 aliphatic rings. The molecule has 3 heteroatoms. The highest BCUT2D eigenvalue weighted by Crippen LogP contribution is 1.89. The number of hydrogen-bond acceptors (Lipinski definition) is 3. The minimum Gasteiger partial charge on any atom is -0.464 e. The van der Waals surface area contributed by atoms with Gasteiger partial charge in [0.1, 0.15) is 18.8 Å². The van der Waals surface area contributed by atoms with E-state index < -0.39 is 5.97 Å². The Kier molecular flexibility index (Phi) is 5.72. The van der Waals surface area contributed by atoms with E-state index >= 15 is 0 Å². The van der Waals surface area contributed by atoms with Gasteiger partial charge in [-0.1, -0.05) is 0 Å². The highest BCUT2D eigenvalue weighted by atomic mass is 16.5. The molecule has 0 bridgehead atoms. The van der Waals surface area contributed by atoms with Crippen LogP contribution in [0.3, 0.4) is 0 Å². The average Bonchev–Trinajstić information content (AvgIpc) is 1.97. The second-order valence-electron chi connectivity index (χ2n) is 2.28. The standard InChI is InChI=1S/C9H12O3/c1-3-4-5-6-12-9(11)7-8(2)10/h5-7H2,1-2H3. The van der Waals surface area contributed by atoms with Gasteiger partial charge in [-0.2, -0.15) is 0 Å². The summed E-state index contributed by atoms with van der Waals surface area (Å²) in [6.45, 7) is 3.34. The zero-order valence-electron chi connectivity index (χ0n) is 7.35. The zero-order valence-corrected chi connectivity index (χ0v) is 7.35. The first-order valence-electron chi connectivity index (χ1n) is 3.71. The number of rotatable bonds is 4. The molecular formula is C9H12O3. The van der Waals surface area contributed by atoms with E-state index in [1.54, 1.807) is 6.92 Å². The first-order valence-corrected chi connectivity index (χ1v) is 3.71.